The molecular weight excluding hydrogens is 1260 g/mol. The maximum atomic E-state index is 6.24. The van der Waals surface area contributed by atoms with Crippen molar-refractivity contribution >= 4 is 43.7 Å². The Balaban J connectivity index is 1.42. The summed E-state index contributed by atoms with van der Waals surface area (Å²) in [5, 5.41) is 5.55. The van der Waals surface area contributed by atoms with E-state index in [1.165, 1.54) is 413 Å². The standard InChI is InChI=1S/C99H149N5/c1-9-17-25-33-41-49-57-76-65-67-78(59-51-43-35-27-19-11-3)92-86-74-88-94-80(61-53-45-37-29-21-13-5)69-71-82(63-55-47-39-31-23-15-7)96(94)98(102-88)104-99-97-83(64-56-48-40-32-24-16-8)72-70-81(62-54-46-38-30-22-14-6)95(97)89(103-99)75-87-93-79(60-52-44-36-28-20-12-4)68-66-77(58-50-42-34-26-18-10-2)91(93)85(101-87)73-84(100-86)90(76)92/h65-75,100H,9-64H2,1-8H3,(H,102,103,104). The molecule has 0 saturated heterocycles. The molecule has 0 unspecified atom stereocenters. The Morgan fingerprint density at radius 2 is 0.413 bits per heavy atom. The van der Waals surface area contributed by atoms with E-state index in [-0.39, 0.29) is 0 Å². The summed E-state index contributed by atoms with van der Waals surface area (Å²) >= 11 is 0. The minimum atomic E-state index is 0.907. The van der Waals surface area contributed by atoms with Crippen molar-refractivity contribution in [3.8, 4) is 45.2 Å². The van der Waals surface area contributed by atoms with Crippen molar-refractivity contribution < 1.29 is 0 Å². The van der Waals surface area contributed by atoms with Gasteiger partial charge in [0.25, 0.3) is 0 Å². The van der Waals surface area contributed by atoms with E-state index in [9.17, 15) is 0 Å². The zero-order valence-electron chi connectivity index (χ0n) is 68.3. The molecule has 0 fully saturated rings. The van der Waals surface area contributed by atoms with Crippen LogP contribution in [0.5, 0.6) is 0 Å². The Morgan fingerprint density at radius 1 is 0.202 bits per heavy atom. The summed E-state index contributed by atoms with van der Waals surface area (Å²) in [5.41, 5.74) is 25.1. The lowest BCUT2D eigenvalue weighted by Gasteiger charge is -2.14. The van der Waals surface area contributed by atoms with Crippen molar-refractivity contribution in [3.63, 3.8) is 0 Å². The molecule has 0 aliphatic carbocycles. The number of aromatic amines is 2. The number of rotatable bonds is 56. The summed E-state index contributed by atoms with van der Waals surface area (Å²) in [4.78, 5) is 27.3. The van der Waals surface area contributed by atoms with Crippen LogP contribution in [-0.4, -0.2) is 24.9 Å². The quantitative estimate of drug-likeness (QED) is 0.0373. The van der Waals surface area contributed by atoms with Crippen LogP contribution in [0.4, 0.5) is 0 Å². The largest absolute Gasteiger partial charge is 0.354 e. The molecule has 5 nitrogen and oxygen atoms in total. The molecule has 5 heterocycles. The molecule has 9 rings (SSSR count). The van der Waals surface area contributed by atoms with Gasteiger partial charge >= 0.3 is 0 Å². The number of nitrogens with zero attached hydrogens (tertiary/aromatic N) is 3. The molecule has 7 aromatic rings. The van der Waals surface area contributed by atoms with E-state index in [0.29, 0.717) is 0 Å². The monoisotopic (exact) mass is 1410 g/mol. The fraction of sp³-hybridized carbons (Fsp3) is 0.646. The van der Waals surface area contributed by atoms with Crippen LogP contribution in [0, 0.1) is 0 Å². The summed E-state index contributed by atoms with van der Waals surface area (Å²) in [7, 11) is 0. The van der Waals surface area contributed by atoms with Gasteiger partial charge in [-0.15, -0.1) is 0 Å². The summed E-state index contributed by atoms with van der Waals surface area (Å²) in [6, 6.07) is 28.2. The van der Waals surface area contributed by atoms with E-state index in [1.54, 1.807) is 0 Å². The van der Waals surface area contributed by atoms with Crippen molar-refractivity contribution in [2.45, 2.75) is 415 Å². The number of H-pyrrole nitrogens is 2. The van der Waals surface area contributed by atoms with Crippen LogP contribution in [0.15, 0.2) is 66.7 Å². The first-order valence-electron chi connectivity index (χ1n) is 45.2. The normalized spacial score (nSPS) is 12.1. The van der Waals surface area contributed by atoms with E-state index in [2.05, 4.69) is 132 Å². The number of nitrogens with one attached hydrogen (secondary N) is 2. The average Bonchev–Trinajstić information content (AvgIpc) is 1.58. The van der Waals surface area contributed by atoms with E-state index < -0.39 is 0 Å². The lowest BCUT2D eigenvalue weighted by atomic mass is 9.88. The highest BCUT2D eigenvalue weighted by molar-refractivity contribution is 6.13. The second-order valence-corrected chi connectivity index (χ2v) is 32.8. The van der Waals surface area contributed by atoms with Crippen LogP contribution in [0.1, 0.15) is 408 Å². The SMILES string of the molecule is CCCCCCCCc1ccc(CCCCCCCC)c2c1-c1cc3[nH]c(cc4nc(nc5[nH]c(cc-2n1)c1c(CCCCCCCC)ccc(CCCCCCCC)c51)-c1c(CCCCCCCC)ccc(CCCCCCCC)c1-4)c1c(CCCCCCCC)ccc(CCCCCCCC)c31. The number of fused-ring (bicyclic) bond motifs is 20. The molecular formula is C99H149N5. The molecule has 0 saturated carbocycles. The molecule has 2 aliphatic rings. The number of unbranched alkanes of at least 4 members (excludes halogenated alkanes) is 40. The third-order valence-corrected chi connectivity index (χ3v) is 24.0. The van der Waals surface area contributed by atoms with Gasteiger partial charge in [0, 0.05) is 54.8 Å². The zero-order chi connectivity index (χ0) is 72.8. The number of benzene rings is 4. The fourth-order valence-corrected chi connectivity index (χ4v) is 17.8. The second-order valence-electron chi connectivity index (χ2n) is 32.8. The molecule has 104 heavy (non-hydrogen) atoms. The lowest BCUT2D eigenvalue weighted by Crippen LogP contribution is -1.98. The first-order valence-corrected chi connectivity index (χ1v) is 45.2. The first kappa shape index (κ1) is 82.5. The Kier molecular flexibility index (Phi) is 37.5. The van der Waals surface area contributed by atoms with Gasteiger partial charge in [0.05, 0.1) is 22.6 Å². The Morgan fingerprint density at radius 3 is 0.712 bits per heavy atom. The van der Waals surface area contributed by atoms with Crippen LogP contribution in [0.25, 0.3) is 88.9 Å². The molecule has 0 atom stereocenters. The van der Waals surface area contributed by atoms with Crippen molar-refractivity contribution in [1.82, 2.24) is 24.9 Å². The Hall–Kier alpha value is -5.55. The number of hydrogen-bond acceptors (Lipinski definition) is 3. The number of hydrogen-bond donors (Lipinski definition) is 2. The van der Waals surface area contributed by atoms with Gasteiger partial charge in [-0.05, 0) is 165 Å². The highest BCUT2D eigenvalue weighted by Gasteiger charge is 2.29. The van der Waals surface area contributed by atoms with Gasteiger partial charge < -0.3 is 9.97 Å². The number of aromatic nitrogens is 5. The summed E-state index contributed by atoms with van der Waals surface area (Å²) in [5.74, 6) is 0.907. The van der Waals surface area contributed by atoms with Crippen LogP contribution in [0.2, 0.25) is 0 Å². The summed E-state index contributed by atoms with van der Waals surface area (Å²) < 4.78 is 0. The van der Waals surface area contributed by atoms with Gasteiger partial charge in [-0.25, -0.2) is 15.0 Å². The van der Waals surface area contributed by atoms with Gasteiger partial charge in [0.2, 0.25) is 0 Å². The Labute approximate surface area is 636 Å². The molecule has 0 radical (unpaired) electrons. The van der Waals surface area contributed by atoms with E-state index in [0.717, 1.165) is 79.9 Å². The van der Waals surface area contributed by atoms with Crippen molar-refractivity contribution in [2.75, 3.05) is 0 Å². The third-order valence-electron chi connectivity index (χ3n) is 24.0. The average molecular weight is 1410 g/mol. The van der Waals surface area contributed by atoms with Crippen LogP contribution in [0.3, 0.4) is 0 Å². The van der Waals surface area contributed by atoms with Crippen molar-refractivity contribution in [3.05, 3.63) is 111 Å². The summed E-state index contributed by atoms with van der Waals surface area (Å²) in [6.45, 7) is 18.8. The Bertz CT molecular complexity index is 3310. The van der Waals surface area contributed by atoms with Gasteiger partial charge in [-0.3, -0.25) is 0 Å². The van der Waals surface area contributed by atoms with Crippen LogP contribution >= 0.6 is 0 Å². The molecule has 2 aliphatic heterocycles. The topological polar surface area (TPSA) is 70.2 Å². The second kappa shape index (κ2) is 47.3. The molecule has 3 aromatic heterocycles. The van der Waals surface area contributed by atoms with Gasteiger partial charge in [-0.2, -0.15) is 0 Å². The highest BCUT2D eigenvalue weighted by Crippen LogP contribution is 2.47. The minimum absolute atomic E-state index is 0.907. The number of aryl methyl sites for hydroxylation is 8. The molecule has 570 valence electrons. The molecule has 0 spiro atoms. The maximum absolute atomic E-state index is 6.24. The molecule has 0 amide bonds. The maximum Gasteiger partial charge on any atom is 0.163 e. The fourth-order valence-electron chi connectivity index (χ4n) is 17.8. The predicted octanol–water partition coefficient (Wildman–Crippen LogP) is 31.9. The zero-order valence-corrected chi connectivity index (χ0v) is 68.3. The molecule has 5 heteroatoms. The van der Waals surface area contributed by atoms with Gasteiger partial charge in [0.1, 0.15) is 5.65 Å². The minimum Gasteiger partial charge on any atom is -0.354 e. The van der Waals surface area contributed by atoms with Gasteiger partial charge in [0.15, 0.2) is 5.82 Å². The molecule has 2 N–H and O–H groups in total. The van der Waals surface area contributed by atoms with E-state index in [1.807, 2.05) is 0 Å². The highest BCUT2D eigenvalue weighted by atomic mass is 15.0. The van der Waals surface area contributed by atoms with Crippen LogP contribution in [-0.2, 0) is 51.4 Å². The molecule has 4 aromatic carbocycles. The van der Waals surface area contributed by atoms with Crippen LogP contribution < -0.4 is 0 Å². The van der Waals surface area contributed by atoms with Gasteiger partial charge in [-0.1, -0.05) is 361 Å². The summed E-state index contributed by atoms with van der Waals surface area (Å²) in [6.07, 6.45) is 70.1. The third kappa shape index (κ3) is 24.2. The van der Waals surface area contributed by atoms with E-state index >= 15 is 0 Å². The van der Waals surface area contributed by atoms with Crippen molar-refractivity contribution in [1.29, 1.82) is 0 Å². The van der Waals surface area contributed by atoms with Crippen molar-refractivity contribution in [2.24, 2.45) is 0 Å². The lowest BCUT2D eigenvalue weighted by molar-refractivity contribution is 0.606. The smallest absolute Gasteiger partial charge is 0.163 e. The molecule has 8 bridgehead atoms. The predicted molar refractivity (Wildman–Crippen MR) is 459 cm³/mol. The first-order chi connectivity index (χ1) is 51.4. The van der Waals surface area contributed by atoms with E-state index in [4.69, 9.17) is 15.0 Å².